The van der Waals surface area contributed by atoms with E-state index in [0.717, 1.165) is 10.9 Å². The van der Waals surface area contributed by atoms with Crippen LogP contribution in [0, 0.1) is 0 Å². The number of carbonyl (C=O) groups excluding carboxylic acids is 2. The van der Waals surface area contributed by atoms with Gasteiger partial charge in [0, 0.05) is 36.7 Å². The third-order valence-corrected chi connectivity index (χ3v) is 5.21. The second kappa shape index (κ2) is 9.49. The van der Waals surface area contributed by atoms with E-state index in [9.17, 15) is 14.4 Å². The number of carbonyl (C=O) groups is 2. The number of thiazole rings is 1. The van der Waals surface area contributed by atoms with E-state index in [-0.39, 0.29) is 12.2 Å². The fraction of sp³-hybridized carbons (Fsp3) is 0.364. The molecule has 0 aliphatic heterocycles. The highest BCUT2D eigenvalue weighted by Gasteiger charge is 2.25. The zero-order valence-electron chi connectivity index (χ0n) is 18.6. The number of ether oxygens (including phenoxy) is 2. The second-order valence-corrected chi connectivity index (χ2v) is 9.07. The highest BCUT2D eigenvalue weighted by atomic mass is 32.1. The molecule has 32 heavy (non-hydrogen) atoms. The molecule has 1 atom stereocenters. The van der Waals surface area contributed by atoms with E-state index in [1.807, 2.05) is 18.2 Å². The summed E-state index contributed by atoms with van der Waals surface area (Å²) in [6.45, 7) is 5.17. The minimum absolute atomic E-state index is 0.0305. The number of methoxy groups -OCH3 is 1. The Balaban J connectivity index is 1.75. The van der Waals surface area contributed by atoms with Gasteiger partial charge in [0.2, 0.25) is 0 Å². The quantitative estimate of drug-likeness (QED) is 0.587. The molecule has 9 nitrogen and oxygen atoms in total. The highest BCUT2D eigenvalue weighted by Crippen LogP contribution is 2.27. The lowest BCUT2D eigenvalue weighted by atomic mass is 10.1. The van der Waals surface area contributed by atoms with Gasteiger partial charge in [-0.05, 0) is 38.3 Å². The Bertz CT molecular complexity index is 1190. The van der Waals surface area contributed by atoms with Crippen molar-refractivity contribution in [3.63, 3.8) is 0 Å². The standard InChI is InChI=1S/C22H26N4O5S/c1-22(2,3)31-21(29)24-16(11-30-5)18(27)25-20-23-17(12-32-20)14-7-6-13-8-9-26(4)19(28)15(13)10-14/h6-10,12,16H,11H2,1-5H3,(H,24,29)(H,23,25,27)/t16-/m0/s1. The number of hydrogen-bond donors (Lipinski definition) is 2. The summed E-state index contributed by atoms with van der Waals surface area (Å²) in [6, 6.07) is 6.45. The monoisotopic (exact) mass is 458 g/mol. The lowest BCUT2D eigenvalue weighted by Crippen LogP contribution is -2.48. The van der Waals surface area contributed by atoms with Gasteiger partial charge in [-0.2, -0.15) is 0 Å². The van der Waals surface area contributed by atoms with Gasteiger partial charge in [0.05, 0.1) is 12.3 Å². The summed E-state index contributed by atoms with van der Waals surface area (Å²) in [5.74, 6) is -0.481. The van der Waals surface area contributed by atoms with Crippen LogP contribution in [0.5, 0.6) is 0 Å². The maximum absolute atomic E-state index is 12.7. The smallest absolute Gasteiger partial charge is 0.408 e. The number of rotatable bonds is 6. The van der Waals surface area contributed by atoms with Gasteiger partial charge in [0.25, 0.3) is 11.5 Å². The van der Waals surface area contributed by atoms with Crippen LogP contribution in [0.15, 0.2) is 40.6 Å². The molecule has 2 amide bonds. The zero-order valence-corrected chi connectivity index (χ0v) is 19.4. The first kappa shape index (κ1) is 23.4. The van der Waals surface area contributed by atoms with Crippen LogP contribution in [-0.2, 0) is 21.3 Å². The number of amides is 2. The average molecular weight is 459 g/mol. The van der Waals surface area contributed by atoms with Crippen molar-refractivity contribution >= 4 is 39.2 Å². The van der Waals surface area contributed by atoms with Crippen molar-refractivity contribution < 1.29 is 19.1 Å². The predicted molar refractivity (Wildman–Crippen MR) is 124 cm³/mol. The Morgan fingerprint density at radius 1 is 1.25 bits per heavy atom. The van der Waals surface area contributed by atoms with Gasteiger partial charge in [-0.1, -0.05) is 12.1 Å². The minimum Gasteiger partial charge on any atom is -0.444 e. The van der Waals surface area contributed by atoms with Crippen LogP contribution in [0.3, 0.4) is 0 Å². The molecule has 2 heterocycles. The summed E-state index contributed by atoms with van der Waals surface area (Å²) in [4.78, 5) is 41.6. The molecule has 0 fully saturated rings. The molecule has 2 aromatic heterocycles. The van der Waals surface area contributed by atoms with Crippen molar-refractivity contribution in [3.05, 3.63) is 46.2 Å². The molecule has 0 bridgehead atoms. The summed E-state index contributed by atoms with van der Waals surface area (Å²) < 4.78 is 11.8. The molecular weight excluding hydrogens is 432 g/mol. The fourth-order valence-corrected chi connectivity index (χ4v) is 3.67. The number of nitrogens with one attached hydrogen (secondary N) is 2. The van der Waals surface area contributed by atoms with Crippen molar-refractivity contribution in [1.82, 2.24) is 14.9 Å². The largest absolute Gasteiger partial charge is 0.444 e. The number of benzene rings is 1. The molecule has 3 rings (SSSR count). The van der Waals surface area contributed by atoms with Crippen molar-refractivity contribution in [2.75, 3.05) is 19.0 Å². The maximum atomic E-state index is 12.7. The molecule has 0 aliphatic rings. The summed E-state index contributed by atoms with van der Waals surface area (Å²) in [5.41, 5.74) is 0.603. The van der Waals surface area contributed by atoms with Crippen LogP contribution in [0.25, 0.3) is 22.0 Å². The van der Waals surface area contributed by atoms with Crippen LogP contribution < -0.4 is 16.2 Å². The average Bonchev–Trinajstić information content (AvgIpc) is 3.17. The minimum atomic E-state index is -0.953. The number of nitrogens with zero attached hydrogens (tertiary/aromatic N) is 2. The lowest BCUT2D eigenvalue weighted by Gasteiger charge is -2.22. The number of aromatic nitrogens is 2. The van der Waals surface area contributed by atoms with E-state index in [1.165, 1.54) is 23.0 Å². The van der Waals surface area contributed by atoms with Gasteiger partial charge in [0.15, 0.2) is 5.13 Å². The van der Waals surface area contributed by atoms with E-state index in [2.05, 4.69) is 15.6 Å². The third kappa shape index (κ3) is 5.71. The Morgan fingerprint density at radius 2 is 2.00 bits per heavy atom. The van der Waals surface area contributed by atoms with Crippen LogP contribution in [0.4, 0.5) is 9.93 Å². The molecule has 3 aromatic rings. The zero-order chi connectivity index (χ0) is 23.5. The molecule has 0 radical (unpaired) electrons. The van der Waals surface area contributed by atoms with Crippen molar-refractivity contribution in [1.29, 1.82) is 0 Å². The second-order valence-electron chi connectivity index (χ2n) is 8.22. The molecular formula is C22H26N4O5S. The molecule has 0 spiro atoms. The molecule has 0 saturated carbocycles. The molecule has 0 unspecified atom stereocenters. The van der Waals surface area contributed by atoms with Gasteiger partial charge in [-0.15, -0.1) is 11.3 Å². The highest BCUT2D eigenvalue weighted by molar-refractivity contribution is 7.14. The van der Waals surface area contributed by atoms with Gasteiger partial charge in [-0.25, -0.2) is 9.78 Å². The topological polar surface area (TPSA) is 112 Å². The number of aryl methyl sites for hydroxylation is 1. The molecule has 2 N–H and O–H groups in total. The van der Waals surface area contributed by atoms with Crippen molar-refractivity contribution in [3.8, 4) is 11.3 Å². The van der Waals surface area contributed by atoms with E-state index in [0.29, 0.717) is 16.2 Å². The summed E-state index contributed by atoms with van der Waals surface area (Å²) in [6.07, 6.45) is 1.01. The molecule has 170 valence electrons. The number of alkyl carbamates (subject to hydrolysis) is 1. The van der Waals surface area contributed by atoms with Crippen molar-refractivity contribution in [2.45, 2.75) is 32.4 Å². The lowest BCUT2D eigenvalue weighted by molar-refractivity contribution is -0.119. The summed E-state index contributed by atoms with van der Waals surface area (Å²) in [5, 5.41) is 8.78. The van der Waals surface area contributed by atoms with Crippen LogP contribution in [-0.4, -0.2) is 46.9 Å². The molecule has 1 aromatic carbocycles. The predicted octanol–water partition coefficient (Wildman–Crippen LogP) is 3.14. The Hall–Kier alpha value is -3.24. The Kier molecular flexibility index (Phi) is 6.95. The first-order valence-corrected chi connectivity index (χ1v) is 10.8. The van der Waals surface area contributed by atoms with Crippen LogP contribution in [0.1, 0.15) is 20.8 Å². The van der Waals surface area contributed by atoms with E-state index < -0.39 is 23.6 Å². The number of fused-ring (bicyclic) bond motifs is 1. The first-order valence-electron chi connectivity index (χ1n) is 9.92. The maximum Gasteiger partial charge on any atom is 0.408 e. The van der Waals surface area contributed by atoms with E-state index in [1.54, 1.807) is 45.5 Å². The van der Waals surface area contributed by atoms with Gasteiger partial charge in [0.1, 0.15) is 11.6 Å². The number of anilines is 1. The molecule has 10 heteroatoms. The fourth-order valence-electron chi connectivity index (χ4n) is 2.95. The Morgan fingerprint density at radius 3 is 2.69 bits per heavy atom. The SMILES string of the molecule is COC[C@H](NC(=O)OC(C)(C)C)C(=O)Nc1nc(-c2ccc3ccn(C)c(=O)c3c2)cs1. The third-order valence-electron chi connectivity index (χ3n) is 4.45. The summed E-state index contributed by atoms with van der Waals surface area (Å²) >= 11 is 1.24. The first-order chi connectivity index (χ1) is 15.1. The normalized spacial score (nSPS) is 12.4. The van der Waals surface area contributed by atoms with E-state index in [4.69, 9.17) is 9.47 Å². The van der Waals surface area contributed by atoms with Gasteiger partial charge >= 0.3 is 6.09 Å². The van der Waals surface area contributed by atoms with Gasteiger partial charge in [-0.3, -0.25) is 9.59 Å². The molecule has 0 saturated heterocycles. The van der Waals surface area contributed by atoms with E-state index >= 15 is 0 Å². The van der Waals surface area contributed by atoms with Gasteiger partial charge < -0.3 is 24.7 Å². The Labute approximate surface area is 189 Å². The number of pyridine rings is 1. The van der Waals surface area contributed by atoms with Crippen LogP contribution in [0.2, 0.25) is 0 Å². The number of hydrogen-bond acceptors (Lipinski definition) is 7. The molecule has 0 aliphatic carbocycles. The van der Waals surface area contributed by atoms with Crippen molar-refractivity contribution in [2.24, 2.45) is 7.05 Å². The van der Waals surface area contributed by atoms with Crippen LogP contribution >= 0.6 is 11.3 Å². The summed E-state index contributed by atoms with van der Waals surface area (Å²) in [7, 11) is 3.13.